The number of phenols is 1. The van der Waals surface area contributed by atoms with E-state index in [-0.39, 0.29) is 0 Å². The van der Waals surface area contributed by atoms with E-state index in [1.165, 1.54) is 21.7 Å². The summed E-state index contributed by atoms with van der Waals surface area (Å²) in [6.07, 6.45) is 5.59. The van der Waals surface area contributed by atoms with Crippen molar-refractivity contribution in [2.45, 2.75) is 26.3 Å². The molecule has 1 saturated heterocycles. The second-order valence-corrected chi connectivity index (χ2v) is 9.76. The second kappa shape index (κ2) is 8.40. The predicted molar refractivity (Wildman–Crippen MR) is 131 cm³/mol. The van der Waals surface area contributed by atoms with Crippen LogP contribution < -0.4 is 10.6 Å². The second-order valence-electron chi connectivity index (χ2n) is 8.76. The highest BCUT2D eigenvalue weighted by atomic mass is 32.1. The number of thiophene rings is 1. The quantitative estimate of drug-likeness (QED) is 0.393. The third kappa shape index (κ3) is 3.76. The third-order valence-corrected chi connectivity index (χ3v) is 7.86. The van der Waals surface area contributed by atoms with Crippen molar-refractivity contribution in [3.8, 4) is 16.2 Å². The standard InChI is InChI=1S/C24H27N7OS/c1-15-12-16(2-5-20(15)32)29-23-21-17-3-4-19-18(22(17)33-24(21)27-14-26-23)13-28-31(19)11-10-30-8-6-25-7-9-30/h2,5,12-14,25,32H,3-4,6-11H2,1H3,(H,26,27,29). The van der Waals surface area contributed by atoms with Gasteiger partial charge in [-0.15, -0.1) is 11.3 Å². The Hall–Kier alpha value is -3.01. The van der Waals surface area contributed by atoms with Gasteiger partial charge in [0.1, 0.15) is 22.7 Å². The third-order valence-electron chi connectivity index (χ3n) is 6.69. The lowest BCUT2D eigenvalue weighted by molar-refractivity contribution is 0.228. The Morgan fingerprint density at radius 1 is 1.15 bits per heavy atom. The number of nitrogens with zero attached hydrogens (tertiary/aromatic N) is 5. The van der Waals surface area contributed by atoms with Crippen LogP contribution in [0.4, 0.5) is 11.5 Å². The van der Waals surface area contributed by atoms with E-state index in [1.54, 1.807) is 23.7 Å². The number of hydrogen-bond donors (Lipinski definition) is 3. The SMILES string of the molecule is Cc1cc(Nc2ncnc3sc4c(c23)CCc2c-4cnn2CCN2CCNCC2)ccc1O. The van der Waals surface area contributed by atoms with Gasteiger partial charge in [-0.3, -0.25) is 9.58 Å². The Bertz CT molecular complexity index is 1320. The van der Waals surface area contributed by atoms with Crippen LogP contribution in [0.15, 0.2) is 30.7 Å². The Balaban J connectivity index is 1.31. The van der Waals surface area contributed by atoms with E-state index >= 15 is 0 Å². The number of rotatable bonds is 5. The van der Waals surface area contributed by atoms with Gasteiger partial charge in [0.25, 0.3) is 0 Å². The first-order valence-corrected chi connectivity index (χ1v) is 12.3. The number of benzene rings is 1. The molecule has 6 rings (SSSR count). The molecule has 33 heavy (non-hydrogen) atoms. The first-order chi connectivity index (χ1) is 16.2. The lowest BCUT2D eigenvalue weighted by Gasteiger charge is -2.27. The van der Waals surface area contributed by atoms with Crippen molar-refractivity contribution >= 4 is 33.1 Å². The number of nitrogens with one attached hydrogen (secondary N) is 2. The van der Waals surface area contributed by atoms with Crippen molar-refractivity contribution < 1.29 is 5.11 Å². The van der Waals surface area contributed by atoms with Crippen molar-refractivity contribution in [1.82, 2.24) is 30.0 Å². The fraction of sp³-hybridized carbons (Fsp3) is 0.375. The summed E-state index contributed by atoms with van der Waals surface area (Å²) in [6.45, 7) is 8.23. The van der Waals surface area contributed by atoms with Crippen LogP contribution in [0.2, 0.25) is 0 Å². The van der Waals surface area contributed by atoms with E-state index in [9.17, 15) is 5.11 Å². The Morgan fingerprint density at radius 2 is 2.03 bits per heavy atom. The van der Waals surface area contributed by atoms with Gasteiger partial charge in [0, 0.05) is 54.5 Å². The molecular formula is C24H27N7OS. The molecule has 0 bridgehead atoms. The van der Waals surface area contributed by atoms with Crippen molar-refractivity contribution in [2.24, 2.45) is 0 Å². The molecule has 0 saturated carbocycles. The Morgan fingerprint density at radius 3 is 2.88 bits per heavy atom. The number of fused-ring (bicyclic) bond motifs is 5. The summed E-state index contributed by atoms with van der Waals surface area (Å²) in [5.74, 6) is 1.11. The minimum atomic E-state index is 0.294. The zero-order valence-electron chi connectivity index (χ0n) is 18.6. The van der Waals surface area contributed by atoms with Crippen LogP contribution in [0.3, 0.4) is 0 Å². The average Bonchev–Trinajstić information content (AvgIpc) is 3.42. The summed E-state index contributed by atoms with van der Waals surface area (Å²) in [7, 11) is 0. The topological polar surface area (TPSA) is 91.1 Å². The molecule has 1 aliphatic carbocycles. The summed E-state index contributed by atoms with van der Waals surface area (Å²) in [5, 5.41) is 22.6. The fourth-order valence-corrected chi connectivity index (χ4v) is 6.11. The molecule has 1 fully saturated rings. The number of aromatic nitrogens is 4. The minimum absolute atomic E-state index is 0.294. The highest BCUT2D eigenvalue weighted by Gasteiger charge is 2.27. The van der Waals surface area contributed by atoms with Gasteiger partial charge in [-0.2, -0.15) is 5.10 Å². The monoisotopic (exact) mass is 461 g/mol. The van der Waals surface area contributed by atoms with Gasteiger partial charge >= 0.3 is 0 Å². The molecule has 0 radical (unpaired) electrons. The van der Waals surface area contributed by atoms with Gasteiger partial charge in [-0.1, -0.05) is 0 Å². The largest absolute Gasteiger partial charge is 0.508 e. The first-order valence-electron chi connectivity index (χ1n) is 11.5. The van der Waals surface area contributed by atoms with Gasteiger partial charge in [0.15, 0.2) is 0 Å². The summed E-state index contributed by atoms with van der Waals surface area (Å²) in [4.78, 5) is 13.9. The minimum Gasteiger partial charge on any atom is -0.508 e. The zero-order chi connectivity index (χ0) is 22.4. The lowest BCUT2D eigenvalue weighted by atomic mass is 9.95. The molecule has 1 aliphatic heterocycles. The highest BCUT2D eigenvalue weighted by Crippen LogP contribution is 2.45. The van der Waals surface area contributed by atoms with Gasteiger partial charge in [0.2, 0.25) is 0 Å². The molecule has 0 atom stereocenters. The molecular weight excluding hydrogens is 434 g/mol. The van der Waals surface area contributed by atoms with Crippen molar-refractivity contribution in [1.29, 1.82) is 0 Å². The molecule has 3 aromatic heterocycles. The van der Waals surface area contributed by atoms with Gasteiger partial charge in [0.05, 0.1) is 18.1 Å². The van der Waals surface area contributed by atoms with Crippen LogP contribution in [0.1, 0.15) is 16.8 Å². The van der Waals surface area contributed by atoms with Crippen molar-refractivity contribution in [3.63, 3.8) is 0 Å². The van der Waals surface area contributed by atoms with Crippen LogP contribution in [0.25, 0.3) is 20.7 Å². The van der Waals surface area contributed by atoms with Crippen LogP contribution in [0.5, 0.6) is 5.75 Å². The molecule has 1 aromatic carbocycles. The van der Waals surface area contributed by atoms with Gasteiger partial charge in [-0.05, 0) is 49.1 Å². The molecule has 0 unspecified atom stereocenters. The molecule has 3 N–H and O–H groups in total. The molecule has 0 spiro atoms. The number of hydrogen-bond acceptors (Lipinski definition) is 8. The summed E-state index contributed by atoms with van der Waals surface area (Å²) in [5.41, 5.74) is 5.62. The van der Waals surface area contributed by atoms with Gasteiger partial charge in [-0.25, -0.2) is 9.97 Å². The zero-order valence-corrected chi connectivity index (χ0v) is 19.5. The Kier molecular flexibility index (Phi) is 5.24. The van der Waals surface area contributed by atoms with Crippen LogP contribution in [-0.4, -0.2) is 62.5 Å². The number of aryl methyl sites for hydroxylation is 2. The predicted octanol–water partition coefficient (Wildman–Crippen LogP) is 3.32. The van der Waals surface area contributed by atoms with E-state index in [4.69, 9.17) is 5.10 Å². The van der Waals surface area contributed by atoms with Crippen LogP contribution in [0, 0.1) is 6.92 Å². The van der Waals surface area contributed by atoms with Crippen LogP contribution >= 0.6 is 11.3 Å². The number of piperazine rings is 1. The van der Waals surface area contributed by atoms with E-state index in [0.717, 1.165) is 79.4 Å². The smallest absolute Gasteiger partial charge is 0.142 e. The summed E-state index contributed by atoms with van der Waals surface area (Å²) in [6, 6.07) is 5.51. The van der Waals surface area contributed by atoms with Gasteiger partial charge < -0.3 is 15.7 Å². The molecule has 0 amide bonds. The summed E-state index contributed by atoms with van der Waals surface area (Å²) >= 11 is 1.73. The van der Waals surface area contributed by atoms with E-state index in [0.29, 0.717) is 5.75 Å². The van der Waals surface area contributed by atoms with Crippen LogP contribution in [-0.2, 0) is 19.4 Å². The van der Waals surface area contributed by atoms with Crippen molar-refractivity contribution in [3.05, 3.63) is 47.5 Å². The maximum atomic E-state index is 9.85. The lowest BCUT2D eigenvalue weighted by Crippen LogP contribution is -2.44. The number of anilines is 2. The fourth-order valence-electron chi connectivity index (χ4n) is 4.88. The maximum absolute atomic E-state index is 9.85. The summed E-state index contributed by atoms with van der Waals surface area (Å²) < 4.78 is 2.20. The molecule has 9 heteroatoms. The molecule has 2 aliphatic rings. The molecule has 8 nitrogen and oxygen atoms in total. The van der Waals surface area contributed by atoms with E-state index < -0.39 is 0 Å². The van der Waals surface area contributed by atoms with E-state index in [1.807, 2.05) is 25.3 Å². The van der Waals surface area contributed by atoms with Crippen molar-refractivity contribution in [2.75, 3.05) is 38.0 Å². The number of aromatic hydroxyl groups is 1. The normalized spacial score (nSPS) is 16.0. The van der Waals surface area contributed by atoms with E-state index in [2.05, 4.69) is 30.2 Å². The molecule has 4 heterocycles. The number of phenolic OH excluding ortho intramolecular Hbond substituents is 1. The first kappa shape index (κ1) is 20.6. The average molecular weight is 462 g/mol. The Labute approximate surface area is 196 Å². The highest BCUT2D eigenvalue weighted by molar-refractivity contribution is 7.22. The molecule has 170 valence electrons. The molecule has 4 aromatic rings. The maximum Gasteiger partial charge on any atom is 0.142 e.